The van der Waals surface area contributed by atoms with Crippen molar-refractivity contribution in [2.45, 2.75) is 58.0 Å². The van der Waals surface area contributed by atoms with E-state index in [1.165, 1.54) is 0 Å². The summed E-state index contributed by atoms with van der Waals surface area (Å²) >= 11 is 0. The molecule has 3 rings (SSSR count). The smallest absolute Gasteiger partial charge is 0.335 e. The van der Waals surface area contributed by atoms with Gasteiger partial charge in [-0.15, -0.1) is 0 Å². The molecule has 1 amide bonds. The number of likely N-dealkylation sites (N-methyl/N-ethyl adjacent to an activating group) is 1. The summed E-state index contributed by atoms with van der Waals surface area (Å²) < 4.78 is 5.75. The Hall–Kier alpha value is -1.40. The van der Waals surface area contributed by atoms with Crippen LogP contribution in [-0.4, -0.2) is 73.1 Å². The maximum Gasteiger partial charge on any atom is 0.335 e. The Bertz CT molecular complexity index is 557. The van der Waals surface area contributed by atoms with Gasteiger partial charge < -0.3 is 15.0 Å². The molecule has 2 aliphatic heterocycles. The lowest BCUT2D eigenvalue weighted by molar-refractivity contribution is -0.148. The Morgan fingerprint density at radius 2 is 1.69 bits per heavy atom. The molecule has 1 spiro atoms. The van der Waals surface area contributed by atoms with Gasteiger partial charge in [-0.2, -0.15) is 0 Å². The molecule has 26 heavy (non-hydrogen) atoms. The third-order valence-corrected chi connectivity index (χ3v) is 6.19. The van der Waals surface area contributed by atoms with Crippen molar-refractivity contribution in [1.82, 2.24) is 15.1 Å². The van der Waals surface area contributed by atoms with Crippen LogP contribution >= 0.6 is 0 Å². The number of esters is 1. The summed E-state index contributed by atoms with van der Waals surface area (Å²) in [7, 11) is 0. The molecule has 0 bridgehead atoms. The average molecular weight is 364 g/mol. The lowest BCUT2D eigenvalue weighted by Crippen LogP contribution is -2.48. The average Bonchev–Trinajstić information content (AvgIpc) is 2.79. The first-order chi connectivity index (χ1) is 12.6. The number of carbonyl (C=O) groups excluding carboxylic acids is 2. The minimum absolute atomic E-state index is 0.109. The number of amides is 1. The van der Waals surface area contributed by atoms with Crippen molar-refractivity contribution >= 4 is 11.9 Å². The highest BCUT2D eigenvalue weighted by Gasteiger charge is 2.48. The van der Waals surface area contributed by atoms with Gasteiger partial charge in [-0.25, -0.2) is 4.79 Å². The number of hydrogen-bond donors (Lipinski definition) is 1. The molecule has 6 heteroatoms. The van der Waals surface area contributed by atoms with E-state index < -0.39 is 5.60 Å². The summed E-state index contributed by atoms with van der Waals surface area (Å²) in [6.45, 7) is 10.8. The number of piperazine rings is 1. The molecule has 1 aliphatic carbocycles. The first-order valence-corrected chi connectivity index (χ1v) is 10.2. The third kappa shape index (κ3) is 4.12. The van der Waals surface area contributed by atoms with Gasteiger partial charge in [-0.3, -0.25) is 9.69 Å². The van der Waals surface area contributed by atoms with E-state index in [0.717, 1.165) is 77.8 Å². The van der Waals surface area contributed by atoms with Crippen LogP contribution in [0.4, 0.5) is 0 Å². The van der Waals surface area contributed by atoms with Crippen molar-refractivity contribution in [2.75, 3.05) is 45.8 Å². The zero-order valence-electron chi connectivity index (χ0n) is 16.3. The fourth-order valence-corrected chi connectivity index (χ4v) is 4.52. The summed E-state index contributed by atoms with van der Waals surface area (Å²) in [4.78, 5) is 29.9. The van der Waals surface area contributed by atoms with Crippen LogP contribution in [-0.2, 0) is 14.3 Å². The van der Waals surface area contributed by atoms with E-state index in [1.54, 1.807) is 6.92 Å². The van der Waals surface area contributed by atoms with Gasteiger partial charge in [0.2, 0.25) is 0 Å². The molecule has 1 N–H and O–H groups in total. The van der Waals surface area contributed by atoms with Gasteiger partial charge in [0, 0.05) is 44.8 Å². The summed E-state index contributed by atoms with van der Waals surface area (Å²) in [5.41, 5.74) is 0.426. The van der Waals surface area contributed by atoms with Crippen LogP contribution in [0.15, 0.2) is 11.1 Å². The Morgan fingerprint density at radius 3 is 2.31 bits per heavy atom. The Labute approximate surface area is 156 Å². The second kappa shape index (κ2) is 8.53. The zero-order valence-corrected chi connectivity index (χ0v) is 16.3. The molecule has 0 unspecified atom stereocenters. The molecule has 2 fully saturated rings. The van der Waals surface area contributed by atoms with E-state index in [9.17, 15) is 9.59 Å². The highest BCUT2D eigenvalue weighted by Crippen LogP contribution is 2.42. The van der Waals surface area contributed by atoms with Gasteiger partial charge in [0.1, 0.15) is 5.60 Å². The molecule has 0 aromatic heterocycles. The number of rotatable bonds is 5. The number of carbonyl (C=O) groups is 2. The molecule has 0 atom stereocenters. The Balaban J connectivity index is 1.56. The lowest BCUT2D eigenvalue weighted by atomic mass is 9.84. The normalized spacial score (nSPS) is 24.6. The molecule has 0 radical (unpaired) electrons. The Kier molecular flexibility index (Phi) is 6.35. The van der Waals surface area contributed by atoms with Gasteiger partial charge in [0.05, 0.1) is 5.57 Å². The van der Waals surface area contributed by atoms with Crippen LogP contribution in [0.2, 0.25) is 0 Å². The summed E-state index contributed by atoms with van der Waals surface area (Å²) in [6.07, 6.45) is 5.88. The topological polar surface area (TPSA) is 61.9 Å². The largest absolute Gasteiger partial charge is 0.451 e. The number of nitrogens with zero attached hydrogens (tertiary/aromatic N) is 2. The van der Waals surface area contributed by atoms with E-state index in [4.69, 9.17) is 4.74 Å². The molecule has 1 saturated carbocycles. The quantitative estimate of drug-likeness (QED) is 0.754. The number of nitrogens with one attached hydrogen (secondary N) is 1. The van der Waals surface area contributed by atoms with Gasteiger partial charge in [-0.1, -0.05) is 19.8 Å². The van der Waals surface area contributed by atoms with Crippen molar-refractivity contribution < 1.29 is 14.3 Å². The SMILES string of the molecule is CCN1CCN(CCNC(=O)C2=C(C)C(=O)OC23CCCCCC3)CC1. The molecular formula is C20H33N3O3. The molecule has 0 aromatic rings. The van der Waals surface area contributed by atoms with Crippen molar-refractivity contribution in [3.8, 4) is 0 Å². The first kappa shape index (κ1) is 19.4. The minimum Gasteiger partial charge on any atom is -0.451 e. The predicted molar refractivity (Wildman–Crippen MR) is 101 cm³/mol. The summed E-state index contributed by atoms with van der Waals surface area (Å²) in [6, 6.07) is 0. The highest BCUT2D eigenvalue weighted by atomic mass is 16.6. The van der Waals surface area contributed by atoms with E-state index in [0.29, 0.717) is 17.7 Å². The lowest BCUT2D eigenvalue weighted by Gasteiger charge is -2.34. The number of hydrogen-bond acceptors (Lipinski definition) is 5. The fraction of sp³-hybridized carbons (Fsp3) is 0.800. The van der Waals surface area contributed by atoms with Gasteiger partial charge >= 0.3 is 5.97 Å². The van der Waals surface area contributed by atoms with Crippen LogP contribution in [0, 0.1) is 0 Å². The maximum absolute atomic E-state index is 12.9. The van der Waals surface area contributed by atoms with Crippen LogP contribution < -0.4 is 5.32 Å². The maximum atomic E-state index is 12.9. The highest BCUT2D eigenvalue weighted by molar-refractivity contribution is 6.07. The summed E-state index contributed by atoms with van der Waals surface area (Å²) in [5.74, 6) is -0.421. The van der Waals surface area contributed by atoms with Crippen molar-refractivity contribution in [3.63, 3.8) is 0 Å². The third-order valence-electron chi connectivity index (χ3n) is 6.19. The minimum atomic E-state index is -0.672. The standard InChI is InChI=1S/C20H33N3O3/c1-3-22-12-14-23(15-13-22)11-10-21-18(24)17-16(2)19(25)26-20(17)8-6-4-5-7-9-20/h3-15H2,1-2H3,(H,21,24). The van der Waals surface area contributed by atoms with Gasteiger partial charge in [0.25, 0.3) is 5.91 Å². The van der Waals surface area contributed by atoms with Crippen molar-refractivity contribution in [2.24, 2.45) is 0 Å². The van der Waals surface area contributed by atoms with E-state index >= 15 is 0 Å². The molecule has 1 saturated heterocycles. The Morgan fingerprint density at radius 1 is 1.08 bits per heavy atom. The van der Waals surface area contributed by atoms with Crippen LogP contribution in [0.3, 0.4) is 0 Å². The van der Waals surface area contributed by atoms with Gasteiger partial charge in [0.15, 0.2) is 0 Å². The molecule has 3 aliphatic rings. The second-order valence-electron chi connectivity index (χ2n) is 7.83. The van der Waals surface area contributed by atoms with E-state index in [-0.39, 0.29) is 11.9 Å². The van der Waals surface area contributed by atoms with Gasteiger partial charge in [-0.05, 0) is 39.2 Å². The molecule has 2 heterocycles. The van der Waals surface area contributed by atoms with Crippen molar-refractivity contribution in [3.05, 3.63) is 11.1 Å². The fourth-order valence-electron chi connectivity index (χ4n) is 4.52. The summed E-state index contributed by atoms with van der Waals surface area (Å²) in [5, 5.41) is 3.06. The molecule has 0 aromatic carbocycles. The second-order valence-corrected chi connectivity index (χ2v) is 7.83. The predicted octanol–water partition coefficient (Wildman–Crippen LogP) is 1.71. The molecule has 6 nitrogen and oxygen atoms in total. The van der Waals surface area contributed by atoms with E-state index in [1.807, 2.05) is 0 Å². The number of ether oxygens (including phenoxy) is 1. The molecule has 146 valence electrons. The molecular weight excluding hydrogens is 330 g/mol. The van der Waals surface area contributed by atoms with Crippen LogP contribution in [0.1, 0.15) is 52.4 Å². The van der Waals surface area contributed by atoms with Crippen LogP contribution in [0.25, 0.3) is 0 Å². The van der Waals surface area contributed by atoms with Crippen molar-refractivity contribution in [1.29, 1.82) is 0 Å². The zero-order chi connectivity index (χ0) is 18.6. The van der Waals surface area contributed by atoms with E-state index in [2.05, 4.69) is 22.0 Å². The monoisotopic (exact) mass is 363 g/mol. The van der Waals surface area contributed by atoms with Crippen LogP contribution in [0.5, 0.6) is 0 Å². The first-order valence-electron chi connectivity index (χ1n) is 10.2.